The summed E-state index contributed by atoms with van der Waals surface area (Å²) in [4.78, 5) is 15.4. The zero-order valence-corrected chi connectivity index (χ0v) is 27.7. The van der Waals surface area contributed by atoms with E-state index in [9.17, 15) is 0 Å². The molecule has 52 heavy (non-hydrogen) atoms. The lowest BCUT2D eigenvalue weighted by Crippen LogP contribution is -2.00. The number of benzene rings is 8. The highest BCUT2D eigenvalue weighted by Crippen LogP contribution is 2.39. The van der Waals surface area contributed by atoms with Crippen LogP contribution in [-0.4, -0.2) is 15.0 Å². The minimum absolute atomic E-state index is 0.537. The zero-order valence-electron chi connectivity index (χ0n) is 27.7. The Morgan fingerprint density at radius 1 is 0.308 bits per heavy atom. The average molecular weight is 666 g/mol. The number of hydrogen-bond donors (Lipinski definition) is 0. The highest BCUT2D eigenvalue weighted by atomic mass is 16.3. The molecule has 5 nitrogen and oxygen atoms in total. The molecule has 0 saturated heterocycles. The van der Waals surface area contributed by atoms with Gasteiger partial charge in [-0.3, -0.25) is 0 Å². The quantitative estimate of drug-likeness (QED) is 0.187. The lowest BCUT2D eigenvalue weighted by molar-refractivity contribution is 0.668. The van der Waals surface area contributed by atoms with Crippen molar-refractivity contribution >= 4 is 65.4 Å². The highest BCUT2D eigenvalue weighted by molar-refractivity contribution is 6.13. The van der Waals surface area contributed by atoms with Crippen LogP contribution in [0.3, 0.4) is 0 Å². The summed E-state index contributed by atoms with van der Waals surface area (Å²) in [6.07, 6.45) is 0. The third-order valence-electron chi connectivity index (χ3n) is 10.1. The molecule has 0 aliphatic heterocycles. The number of hydrogen-bond acceptors (Lipinski definition) is 5. The van der Waals surface area contributed by atoms with Crippen LogP contribution in [-0.2, 0) is 0 Å². The minimum Gasteiger partial charge on any atom is -0.456 e. The second kappa shape index (κ2) is 11.2. The van der Waals surface area contributed by atoms with Crippen molar-refractivity contribution in [2.45, 2.75) is 0 Å². The Balaban J connectivity index is 1.13. The molecule has 0 N–H and O–H groups in total. The summed E-state index contributed by atoms with van der Waals surface area (Å²) < 4.78 is 12.9. The maximum atomic E-state index is 6.63. The molecule has 0 unspecified atom stereocenters. The Hall–Kier alpha value is -7.11. The van der Waals surface area contributed by atoms with Gasteiger partial charge < -0.3 is 8.83 Å². The van der Waals surface area contributed by atoms with Gasteiger partial charge >= 0.3 is 0 Å². The van der Waals surface area contributed by atoms with Crippen molar-refractivity contribution in [3.63, 3.8) is 0 Å². The normalized spacial score (nSPS) is 11.8. The molecule has 0 saturated carbocycles. The fourth-order valence-corrected chi connectivity index (χ4v) is 7.58. The molecule has 0 radical (unpaired) electrons. The first-order valence-electron chi connectivity index (χ1n) is 17.3. The first-order chi connectivity index (χ1) is 25.7. The van der Waals surface area contributed by atoms with Gasteiger partial charge in [0.05, 0.1) is 5.56 Å². The summed E-state index contributed by atoms with van der Waals surface area (Å²) >= 11 is 0. The van der Waals surface area contributed by atoms with Crippen molar-refractivity contribution < 1.29 is 8.83 Å². The van der Waals surface area contributed by atoms with Gasteiger partial charge in [-0.1, -0.05) is 121 Å². The smallest absolute Gasteiger partial charge is 0.167 e. The number of aromatic nitrogens is 3. The van der Waals surface area contributed by atoms with Crippen LogP contribution in [0.25, 0.3) is 111 Å². The first kappa shape index (κ1) is 28.7. The van der Waals surface area contributed by atoms with Gasteiger partial charge in [0.25, 0.3) is 0 Å². The van der Waals surface area contributed by atoms with Crippen LogP contribution in [0.4, 0.5) is 0 Å². The van der Waals surface area contributed by atoms with Crippen LogP contribution >= 0.6 is 0 Å². The van der Waals surface area contributed by atoms with Crippen molar-refractivity contribution in [3.05, 3.63) is 164 Å². The average Bonchev–Trinajstić information content (AvgIpc) is 3.77. The lowest BCUT2D eigenvalue weighted by Gasteiger charge is -2.11. The Morgan fingerprint density at radius 2 is 0.904 bits per heavy atom. The number of furan rings is 2. The van der Waals surface area contributed by atoms with Gasteiger partial charge in [-0.2, -0.15) is 0 Å². The van der Waals surface area contributed by atoms with Gasteiger partial charge in [-0.05, 0) is 75.1 Å². The van der Waals surface area contributed by atoms with E-state index >= 15 is 0 Å². The topological polar surface area (TPSA) is 65.0 Å². The van der Waals surface area contributed by atoms with E-state index in [1.54, 1.807) is 0 Å². The number of rotatable bonds is 4. The molecule has 0 aliphatic rings. The third-order valence-corrected chi connectivity index (χ3v) is 10.1. The fourth-order valence-electron chi connectivity index (χ4n) is 7.58. The molecule has 0 amide bonds. The highest BCUT2D eigenvalue weighted by Gasteiger charge is 2.19. The van der Waals surface area contributed by atoms with Gasteiger partial charge in [0.15, 0.2) is 17.5 Å². The predicted molar refractivity (Wildman–Crippen MR) is 211 cm³/mol. The second-order valence-electron chi connectivity index (χ2n) is 13.2. The second-order valence-corrected chi connectivity index (χ2v) is 13.2. The number of nitrogens with zero attached hydrogens (tertiary/aromatic N) is 3. The Morgan fingerprint density at radius 3 is 1.79 bits per heavy atom. The van der Waals surface area contributed by atoms with Crippen molar-refractivity contribution in [3.8, 4) is 45.3 Å². The number of para-hydroxylation sites is 2. The van der Waals surface area contributed by atoms with Crippen LogP contribution < -0.4 is 0 Å². The van der Waals surface area contributed by atoms with Gasteiger partial charge in [0.1, 0.15) is 22.3 Å². The van der Waals surface area contributed by atoms with E-state index in [-0.39, 0.29) is 0 Å². The van der Waals surface area contributed by atoms with Gasteiger partial charge in [0, 0.05) is 32.7 Å². The van der Waals surface area contributed by atoms with E-state index < -0.39 is 0 Å². The molecular weight excluding hydrogens is 639 g/mol. The molecule has 0 bridgehead atoms. The summed E-state index contributed by atoms with van der Waals surface area (Å²) in [5.74, 6) is 1.66. The van der Waals surface area contributed by atoms with Crippen LogP contribution in [0.5, 0.6) is 0 Å². The van der Waals surface area contributed by atoms with Crippen LogP contribution in [0.15, 0.2) is 173 Å². The third kappa shape index (κ3) is 4.53. The molecule has 5 heteroatoms. The molecule has 8 aromatic carbocycles. The maximum absolute atomic E-state index is 6.63. The molecule has 0 atom stereocenters. The fraction of sp³-hybridized carbons (Fsp3) is 0. The van der Waals surface area contributed by atoms with E-state index in [4.69, 9.17) is 23.8 Å². The van der Waals surface area contributed by atoms with Crippen molar-refractivity contribution in [2.24, 2.45) is 0 Å². The van der Waals surface area contributed by atoms with Gasteiger partial charge in [0.2, 0.25) is 0 Å². The first-order valence-corrected chi connectivity index (χ1v) is 17.3. The van der Waals surface area contributed by atoms with Crippen molar-refractivity contribution in [1.82, 2.24) is 15.0 Å². The van der Waals surface area contributed by atoms with Crippen LogP contribution in [0, 0.1) is 0 Å². The van der Waals surface area contributed by atoms with Crippen molar-refractivity contribution in [1.29, 1.82) is 0 Å². The van der Waals surface area contributed by atoms with E-state index in [1.165, 1.54) is 16.2 Å². The molecule has 0 spiro atoms. The van der Waals surface area contributed by atoms with E-state index in [0.29, 0.717) is 17.5 Å². The Labute approximate surface area is 297 Å². The maximum Gasteiger partial charge on any atom is 0.167 e. The van der Waals surface area contributed by atoms with Gasteiger partial charge in [-0.25, -0.2) is 15.0 Å². The summed E-state index contributed by atoms with van der Waals surface area (Å²) in [6, 6.07) is 56.5. The zero-order chi connectivity index (χ0) is 34.2. The molecule has 3 heterocycles. The Bertz CT molecular complexity index is 3200. The van der Waals surface area contributed by atoms with Crippen LogP contribution in [0.2, 0.25) is 0 Å². The molecule has 11 rings (SSSR count). The molecule has 242 valence electrons. The minimum atomic E-state index is 0.537. The standard InChI is InChI=1S/C47H27N3O2/c1-2-12-30-26-43-40(25-29(30)11-1)38-19-9-20-39(44(38)52-43)47-49-45(32-15-7-14-31(24-32)35-18-8-13-28-10-3-4-16-34(28)35)48-46(50-47)33-22-23-37-36-17-5-6-21-41(36)51-42(37)27-33/h1-27H. The largest absolute Gasteiger partial charge is 0.456 e. The Kier molecular flexibility index (Phi) is 6.18. The summed E-state index contributed by atoms with van der Waals surface area (Å²) in [6.45, 7) is 0. The van der Waals surface area contributed by atoms with E-state index in [0.717, 1.165) is 77.1 Å². The molecule has 0 aliphatic carbocycles. The van der Waals surface area contributed by atoms with E-state index in [2.05, 4.69) is 121 Å². The summed E-state index contributed by atoms with van der Waals surface area (Å²) in [5, 5.41) is 8.90. The van der Waals surface area contributed by atoms with Gasteiger partial charge in [-0.15, -0.1) is 0 Å². The summed E-state index contributed by atoms with van der Waals surface area (Å²) in [7, 11) is 0. The van der Waals surface area contributed by atoms with Crippen LogP contribution in [0.1, 0.15) is 0 Å². The van der Waals surface area contributed by atoms with Crippen molar-refractivity contribution in [2.75, 3.05) is 0 Å². The summed E-state index contributed by atoms with van der Waals surface area (Å²) in [5.41, 5.74) is 7.98. The molecular formula is C47H27N3O2. The lowest BCUT2D eigenvalue weighted by atomic mass is 9.97. The molecule has 0 fully saturated rings. The SMILES string of the molecule is c1cc(-c2nc(-c3ccc4c(c3)oc3ccccc34)nc(-c3cccc4c3oc3cc5ccccc5cc34)n2)cc(-c2cccc3ccccc23)c1. The van der Waals surface area contributed by atoms with E-state index in [1.807, 2.05) is 42.5 Å². The number of fused-ring (bicyclic) bond motifs is 8. The molecule has 11 aromatic rings. The molecule has 3 aromatic heterocycles. The predicted octanol–water partition coefficient (Wildman–Crippen LogP) is 12.6. The monoisotopic (exact) mass is 665 g/mol.